The maximum absolute atomic E-state index is 11.9. The molecule has 6 heteroatoms. The van der Waals surface area contributed by atoms with Crippen LogP contribution in [0.25, 0.3) is 0 Å². The molecule has 1 heterocycles. The summed E-state index contributed by atoms with van der Waals surface area (Å²) in [6, 6.07) is 9.07. The fraction of sp³-hybridized carbons (Fsp3) is 0.267. The topological polar surface area (TPSA) is 64.0 Å². The molecule has 1 aromatic heterocycles. The largest absolute Gasteiger partial charge is 0.325 e. The minimum Gasteiger partial charge on any atom is -0.325 e. The lowest BCUT2D eigenvalue weighted by Gasteiger charge is -2.08. The monoisotopic (exact) mass is 303 g/mol. The van der Waals surface area contributed by atoms with Gasteiger partial charge in [0.25, 0.3) is 5.56 Å². The van der Waals surface area contributed by atoms with E-state index in [1.807, 2.05) is 31.2 Å². The van der Waals surface area contributed by atoms with Crippen molar-refractivity contribution in [3.05, 3.63) is 51.9 Å². The van der Waals surface area contributed by atoms with Gasteiger partial charge in [-0.25, -0.2) is 4.98 Å². The van der Waals surface area contributed by atoms with Crippen molar-refractivity contribution < 1.29 is 4.79 Å². The predicted octanol–water partition coefficient (Wildman–Crippen LogP) is 2.13. The van der Waals surface area contributed by atoms with E-state index >= 15 is 0 Å². The van der Waals surface area contributed by atoms with Gasteiger partial charge in [-0.3, -0.25) is 14.2 Å². The SMILES string of the molecule is Cc1ccc(NC(=O)CSc2nc(C)cc(=O)n2C)cc1. The molecule has 0 aliphatic rings. The molecule has 21 heavy (non-hydrogen) atoms. The summed E-state index contributed by atoms with van der Waals surface area (Å²) < 4.78 is 1.44. The standard InChI is InChI=1S/C15H17N3O2S/c1-10-4-6-12(7-5-10)17-13(19)9-21-15-16-11(2)8-14(20)18(15)3/h4-8H,9H2,1-3H3,(H,17,19). The third-order valence-electron chi connectivity index (χ3n) is 2.89. The first kappa shape index (κ1) is 15.3. The summed E-state index contributed by atoms with van der Waals surface area (Å²) in [5, 5.41) is 3.35. The fourth-order valence-electron chi connectivity index (χ4n) is 1.72. The first-order valence-electron chi connectivity index (χ1n) is 6.49. The molecule has 0 aliphatic heterocycles. The van der Waals surface area contributed by atoms with E-state index in [-0.39, 0.29) is 17.2 Å². The molecule has 2 rings (SSSR count). The Morgan fingerprint density at radius 3 is 2.62 bits per heavy atom. The molecule has 0 fully saturated rings. The first-order chi connectivity index (χ1) is 9.95. The van der Waals surface area contributed by atoms with Gasteiger partial charge in [-0.15, -0.1) is 0 Å². The number of hydrogen-bond acceptors (Lipinski definition) is 4. The third kappa shape index (κ3) is 4.19. The normalized spacial score (nSPS) is 10.4. The van der Waals surface area contributed by atoms with Gasteiger partial charge in [-0.1, -0.05) is 29.5 Å². The number of thioether (sulfide) groups is 1. The minimum atomic E-state index is -0.125. The molecular formula is C15H17N3O2S. The van der Waals surface area contributed by atoms with Crippen LogP contribution in [0.5, 0.6) is 0 Å². The predicted molar refractivity (Wildman–Crippen MR) is 84.7 cm³/mol. The van der Waals surface area contributed by atoms with Crippen LogP contribution in [0, 0.1) is 13.8 Å². The van der Waals surface area contributed by atoms with E-state index in [4.69, 9.17) is 0 Å². The molecule has 1 aromatic carbocycles. The van der Waals surface area contributed by atoms with Gasteiger partial charge in [0.15, 0.2) is 5.16 Å². The molecule has 0 bridgehead atoms. The molecule has 0 saturated carbocycles. The van der Waals surface area contributed by atoms with Crippen molar-refractivity contribution in [2.24, 2.45) is 7.05 Å². The van der Waals surface area contributed by atoms with Crippen molar-refractivity contribution in [3.63, 3.8) is 0 Å². The Morgan fingerprint density at radius 2 is 1.95 bits per heavy atom. The highest BCUT2D eigenvalue weighted by Crippen LogP contribution is 2.14. The molecule has 0 unspecified atom stereocenters. The molecule has 1 amide bonds. The lowest BCUT2D eigenvalue weighted by Crippen LogP contribution is -2.21. The Kier molecular flexibility index (Phi) is 4.80. The maximum atomic E-state index is 11.9. The quantitative estimate of drug-likeness (QED) is 0.694. The van der Waals surface area contributed by atoms with Gasteiger partial charge in [-0.05, 0) is 26.0 Å². The van der Waals surface area contributed by atoms with Gasteiger partial charge >= 0.3 is 0 Å². The number of aromatic nitrogens is 2. The Labute approximate surface area is 127 Å². The maximum Gasteiger partial charge on any atom is 0.254 e. The van der Waals surface area contributed by atoms with Crippen molar-refractivity contribution in [2.45, 2.75) is 19.0 Å². The summed E-state index contributed by atoms with van der Waals surface area (Å²) in [4.78, 5) is 27.8. The Morgan fingerprint density at radius 1 is 1.29 bits per heavy atom. The lowest BCUT2D eigenvalue weighted by atomic mass is 10.2. The number of nitrogens with one attached hydrogen (secondary N) is 1. The fourth-order valence-corrected chi connectivity index (χ4v) is 2.55. The lowest BCUT2D eigenvalue weighted by molar-refractivity contribution is -0.113. The smallest absolute Gasteiger partial charge is 0.254 e. The van der Waals surface area contributed by atoms with Crippen LogP contribution < -0.4 is 10.9 Å². The van der Waals surface area contributed by atoms with Crippen LogP contribution in [-0.2, 0) is 11.8 Å². The average molecular weight is 303 g/mol. The van der Waals surface area contributed by atoms with Crippen LogP contribution in [-0.4, -0.2) is 21.2 Å². The van der Waals surface area contributed by atoms with Crippen LogP contribution in [0.4, 0.5) is 5.69 Å². The van der Waals surface area contributed by atoms with Crippen molar-refractivity contribution in [3.8, 4) is 0 Å². The van der Waals surface area contributed by atoms with Crippen LogP contribution in [0.3, 0.4) is 0 Å². The molecule has 0 radical (unpaired) electrons. The van der Waals surface area contributed by atoms with Crippen LogP contribution >= 0.6 is 11.8 Å². The summed E-state index contributed by atoms with van der Waals surface area (Å²) in [6.45, 7) is 3.75. The van der Waals surface area contributed by atoms with Crippen molar-refractivity contribution in [1.29, 1.82) is 0 Å². The number of anilines is 1. The number of nitrogens with zero attached hydrogens (tertiary/aromatic N) is 2. The van der Waals surface area contributed by atoms with Gasteiger partial charge in [-0.2, -0.15) is 0 Å². The second kappa shape index (κ2) is 6.58. The van der Waals surface area contributed by atoms with Crippen molar-refractivity contribution >= 4 is 23.4 Å². The van der Waals surface area contributed by atoms with E-state index < -0.39 is 0 Å². The van der Waals surface area contributed by atoms with E-state index in [2.05, 4.69) is 10.3 Å². The number of amides is 1. The Hall–Kier alpha value is -2.08. The highest BCUT2D eigenvalue weighted by molar-refractivity contribution is 7.99. The average Bonchev–Trinajstić information content (AvgIpc) is 2.44. The molecular weight excluding hydrogens is 286 g/mol. The number of carbonyl (C=O) groups is 1. The summed E-state index contributed by atoms with van der Waals surface area (Å²) in [7, 11) is 1.65. The van der Waals surface area contributed by atoms with Gasteiger partial charge in [0.2, 0.25) is 5.91 Å². The number of benzene rings is 1. The Bertz CT molecular complexity index is 708. The zero-order chi connectivity index (χ0) is 15.4. The van der Waals surface area contributed by atoms with Gasteiger partial charge in [0, 0.05) is 24.5 Å². The molecule has 0 aliphatic carbocycles. The van der Waals surface area contributed by atoms with E-state index in [0.717, 1.165) is 11.3 Å². The molecule has 1 N–H and O–H groups in total. The summed E-state index contributed by atoms with van der Waals surface area (Å²) >= 11 is 1.25. The van der Waals surface area contributed by atoms with E-state index in [9.17, 15) is 9.59 Å². The van der Waals surface area contributed by atoms with Gasteiger partial charge in [0.1, 0.15) is 0 Å². The van der Waals surface area contributed by atoms with Gasteiger partial charge < -0.3 is 5.32 Å². The van der Waals surface area contributed by atoms with Crippen molar-refractivity contribution in [2.75, 3.05) is 11.1 Å². The number of aryl methyl sites for hydroxylation is 2. The number of carbonyl (C=O) groups excluding carboxylic acids is 1. The van der Waals surface area contributed by atoms with E-state index in [1.165, 1.54) is 22.4 Å². The van der Waals surface area contributed by atoms with Crippen LogP contribution in [0.1, 0.15) is 11.3 Å². The highest BCUT2D eigenvalue weighted by Gasteiger charge is 2.08. The molecule has 0 atom stereocenters. The molecule has 0 saturated heterocycles. The third-order valence-corrected chi connectivity index (χ3v) is 3.92. The minimum absolute atomic E-state index is 0.121. The first-order valence-corrected chi connectivity index (χ1v) is 7.48. The van der Waals surface area contributed by atoms with E-state index in [0.29, 0.717) is 10.9 Å². The molecule has 110 valence electrons. The summed E-state index contributed by atoms with van der Waals surface area (Å²) in [6.07, 6.45) is 0. The van der Waals surface area contributed by atoms with E-state index in [1.54, 1.807) is 14.0 Å². The zero-order valence-corrected chi connectivity index (χ0v) is 13.0. The van der Waals surface area contributed by atoms with Gasteiger partial charge in [0.05, 0.1) is 5.75 Å². The number of rotatable bonds is 4. The molecule has 0 spiro atoms. The molecule has 2 aromatic rings. The second-order valence-corrected chi connectivity index (χ2v) is 5.72. The zero-order valence-electron chi connectivity index (χ0n) is 12.2. The molecule has 5 nitrogen and oxygen atoms in total. The number of hydrogen-bond donors (Lipinski definition) is 1. The van der Waals surface area contributed by atoms with Crippen LogP contribution in [0.15, 0.2) is 40.3 Å². The Balaban J connectivity index is 1.98. The van der Waals surface area contributed by atoms with Crippen molar-refractivity contribution in [1.82, 2.24) is 9.55 Å². The summed E-state index contributed by atoms with van der Waals surface area (Å²) in [5.74, 6) is 0.0806. The second-order valence-electron chi connectivity index (χ2n) is 4.78. The highest BCUT2D eigenvalue weighted by atomic mass is 32.2. The van der Waals surface area contributed by atoms with Crippen LogP contribution in [0.2, 0.25) is 0 Å². The summed E-state index contributed by atoms with van der Waals surface area (Å²) in [5.41, 5.74) is 2.43.